The Bertz CT molecular complexity index is 1190. The van der Waals surface area contributed by atoms with Crippen molar-refractivity contribution in [3.63, 3.8) is 0 Å². The molecule has 1 N–H and O–H groups in total. The number of rotatable bonds is 4. The Hall–Kier alpha value is -2.14. The number of aryl methyl sites for hydroxylation is 2. The van der Waals surface area contributed by atoms with E-state index in [1.54, 1.807) is 6.07 Å². The molecule has 1 aliphatic rings. The summed E-state index contributed by atoms with van der Waals surface area (Å²) in [6.07, 6.45) is 5.40. The summed E-state index contributed by atoms with van der Waals surface area (Å²) in [7, 11) is 0. The fourth-order valence-electron chi connectivity index (χ4n) is 3.86. The molecule has 146 valence electrons. The number of fused-ring (bicyclic) bond motifs is 3. The van der Waals surface area contributed by atoms with Gasteiger partial charge in [0.15, 0.2) is 0 Å². The minimum absolute atomic E-state index is 0.527. The first-order chi connectivity index (χ1) is 14.2. The number of nitrogens with zero attached hydrogens (tertiary/aromatic N) is 2. The maximum absolute atomic E-state index is 6.23. The summed E-state index contributed by atoms with van der Waals surface area (Å²) < 4.78 is 0. The highest BCUT2D eigenvalue weighted by atomic mass is 35.5. The molecule has 0 fully saturated rings. The van der Waals surface area contributed by atoms with Crippen LogP contribution in [0.4, 0.5) is 11.5 Å². The van der Waals surface area contributed by atoms with Gasteiger partial charge in [-0.15, -0.1) is 11.3 Å². The van der Waals surface area contributed by atoms with E-state index in [-0.39, 0.29) is 0 Å². The summed E-state index contributed by atoms with van der Waals surface area (Å²) in [5.41, 5.74) is 3.49. The van der Waals surface area contributed by atoms with E-state index >= 15 is 0 Å². The van der Waals surface area contributed by atoms with Gasteiger partial charge in [-0.05, 0) is 55.0 Å². The standard InChI is InChI=1S/C23H19Cl2N3S/c24-17-11-10-15(13-18(17)25)26-22-21-16-8-4-5-9-19(16)29-23(21)28-20(27-22)12-14-6-2-1-3-7-14/h1-3,6-7,10-11,13H,4-5,8-9,12H2,(H,26,27,28). The Morgan fingerprint density at radius 3 is 2.59 bits per heavy atom. The van der Waals surface area contributed by atoms with Gasteiger partial charge in [0, 0.05) is 17.0 Å². The second-order valence-electron chi connectivity index (χ2n) is 7.30. The molecule has 2 aromatic heterocycles. The third kappa shape index (κ3) is 3.85. The highest BCUT2D eigenvalue weighted by Crippen LogP contribution is 2.40. The van der Waals surface area contributed by atoms with Gasteiger partial charge in [0.25, 0.3) is 0 Å². The molecule has 0 amide bonds. The summed E-state index contributed by atoms with van der Waals surface area (Å²) >= 11 is 14.1. The van der Waals surface area contributed by atoms with Gasteiger partial charge < -0.3 is 5.32 Å². The maximum Gasteiger partial charge on any atom is 0.143 e. The molecular weight excluding hydrogens is 421 g/mol. The fourth-order valence-corrected chi connectivity index (χ4v) is 5.44. The third-order valence-corrected chi connectivity index (χ3v) is 7.17. The fraction of sp³-hybridized carbons (Fsp3) is 0.217. The molecule has 0 radical (unpaired) electrons. The molecule has 0 aliphatic heterocycles. The molecule has 6 heteroatoms. The number of anilines is 2. The lowest BCUT2D eigenvalue weighted by atomic mass is 9.97. The molecule has 0 spiro atoms. The van der Waals surface area contributed by atoms with Crippen LogP contribution in [0.5, 0.6) is 0 Å². The third-order valence-electron chi connectivity index (χ3n) is 5.25. The largest absolute Gasteiger partial charge is 0.340 e. The van der Waals surface area contributed by atoms with Crippen molar-refractivity contribution in [3.8, 4) is 0 Å². The Morgan fingerprint density at radius 2 is 1.76 bits per heavy atom. The number of hydrogen-bond donors (Lipinski definition) is 1. The lowest BCUT2D eigenvalue weighted by molar-refractivity contribution is 0.700. The second kappa shape index (κ2) is 7.94. The monoisotopic (exact) mass is 439 g/mol. The lowest BCUT2D eigenvalue weighted by Crippen LogP contribution is -2.04. The quantitative estimate of drug-likeness (QED) is 0.364. The molecule has 0 saturated carbocycles. The Kier molecular flexibility index (Phi) is 5.17. The van der Waals surface area contributed by atoms with Gasteiger partial charge in [0.2, 0.25) is 0 Å². The Labute approximate surface area is 183 Å². The molecule has 2 aromatic carbocycles. The smallest absolute Gasteiger partial charge is 0.143 e. The molecule has 0 unspecified atom stereocenters. The Balaban J connectivity index is 1.62. The minimum Gasteiger partial charge on any atom is -0.340 e. The van der Waals surface area contributed by atoms with E-state index in [2.05, 4.69) is 17.4 Å². The Morgan fingerprint density at radius 1 is 0.931 bits per heavy atom. The molecule has 5 rings (SSSR count). The van der Waals surface area contributed by atoms with Crippen molar-refractivity contribution in [3.05, 3.63) is 80.4 Å². The van der Waals surface area contributed by atoms with E-state index in [9.17, 15) is 0 Å². The van der Waals surface area contributed by atoms with Gasteiger partial charge in [-0.3, -0.25) is 0 Å². The van der Waals surface area contributed by atoms with Crippen LogP contribution in [0.3, 0.4) is 0 Å². The molecule has 29 heavy (non-hydrogen) atoms. The molecular formula is C23H19Cl2N3S. The first-order valence-corrected chi connectivity index (χ1v) is 11.3. The van der Waals surface area contributed by atoms with Crippen molar-refractivity contribution in [2.45, 2.75) is 32.1 Å². The van der Waals surface area contributed by atoms with E-state index in [1.807, 2.05) is 41.7 Å². The zero-order valence-corrected chi connectivity index (χ0v) is 18.0. The van der Waals surface area contributed by atoms with Crippen molar-refractivity contribution >= 4 is 56.3 Å². The average molecular weight is 440 g/mol. The van der Waals surface area contributed by atoms with Crippen LogP contribution in [0.25, 0.3) is 10.2 Å². The van der Waals surface area contributed by atoms with E-state index in [1.165, 1.54) is 28.8 Å². The molecule has 0 saturated heterocycles. The van der Waals surface area contributed by atoms with E-state index in [4.69, 9.17) is 33.2 Å². The summed E-state index contributed by atoms with van der Waals surface area (Å²) in [6, 6.07) is 15.9. The number of hydrogen-bond acceptors (Lipinski definition) is 4. The molecule has 2 heterocycles. The van der Waals surface area contributed by atoms with Crippen molar-refractivity contribution in [1.29, 1.82) is 0 Å². The van der Waals surface area contributed by atoms with Gasteiger partial charge >= 0.3 is 0 Å². The van der Waals surface area contributed by atoms with Crippen LogP contribution in [0, 0.1) is 0 Å². The van der Waals surface area contributed by atoms with Crippen molar-refractivity contribution in [1.82, 2.24) is 9.97 Å². The first-order valence-electron chi connectivity index (χ1n) is 9.74. The summed E-state index contributed by atoms with van der Waals surface area (Å²) in [6.45, 7) is 0. The van der Waals surface area contributed by atoms with Gasteiger partial charge in [-0.2, -0.15) is 0 Å². The summed E-state index contributed by atoms with van der Waals surface area (Å²) in [5, 5.41) is 5.72. The van der Waals surface area contributed by atoms with E-state index < -0.39 is 0 Å². The van der Waals surface area contributed by atoms with Crippen LogP contribution in [-0.2, 0) is 19.3 Å². The highest BCUT2D eigenvalue weighted by Gasteiger charge is 2.21. The number of aromatic nitrogens is 2. The zero-order chi connectivity index (χ0) is 19.8. The molecule has 4 aromatic rings. The molecule has 0 atom stereocenters. The zero-order valence-electron chi connectivity index (χ0n) is 15.7. The summed E-state index contributed by atoms with van der Waals surface area (Å²) in [4.78, 5) is 12.4. The van der Waals surface area contributed by atoms with Gasteiger partial charge in [-0.1, -0.05) is 53.5 Å². The summed E-state index contributed by atoms with van der Waals surface area (Å²) in [5.74, 6) is 1.68. The number of thiophene rings is 1. The number of nitrogens with one attached hydrogen (secondary N) is 1. The highest BCUT2D eigenvalue weighted by molar-refractivity contribution is 7.19. The van der Waals surface area contributed by atoms with Gasteiger partial charge in [0.1, 0.15) is 16.5 Å². The number of benzene rings is 2. The maximum atomic E-state index is 6.23. The van der Waals surface area contributed by atoms with Crippen LogP contribution < -0.4 is 5.32 Å². The second-order valence-corrected chi connectivity index (χ2v) is 9.19. The lowest BCUT2D eigenvalue weighted by Gasteiger charge is -2.14. The predicted molar refractivity (Wildman–Crippen MR) is 123 cm³/mol. The van der Waals surface area contributed by atoms with Crippen LogP contribution in [-0.4, -0.2) is 9.97 Å². The number of halogens is 2. The van der Waals surface area contributed by atoms with E-state index in [0.29, 0.717) is 16.5 Å². The molecule has 3 nitrogen and oxygen atoms in total. The van der Waals surface area contributed by atoms with Crippen LogP contribution in [0.2, 0.25) is 10.0 Å². The molecule has 1 aliphatic carbocycles. The van der Waals surface area contributed by atoms with Crippen molar-refractivity contribution in [2.24, 2.45) is 0 Å². The predicted octanol–water partition coefficient (Wildman–Crippen LogP) is 7.21. The van der Waals surface area contributed by atoms with E-state index in [0.717, 1.165) is 40.4 Å². The topological polar surface area (TPSA) is 37.8 Å². The average Bonchev–Trinajstić information content (AvgIpc) is 3.10. The van der Waals surface area contributed by atoms with Gasteiger partial charge in [-0.25, -0.2) is 9.97 Å². The SMILES string of the molecule is Clc1ccc(Nc2nc(Cc3ccccc3)nc3sc4c(c23)CCCC4)cc1Cl. The normalized spacial score (nSPS) is 13.4. The van der Waals surface area contributed by atoms with Crippen molar-refractivity contribution < 1.29 is 0 Å². The van der Waals surface area contributed by atoms with Crippen LogP contribution in [0.1, 0.15) is 34.7 Å². The first kappa shape index (κ1) is 18.9. The van der Waals surface area contributed by atoms with Gasteiger partial charge in [0.05, 0.1) is 15.4 Å². The van der Waals surface area contributed by atoms with Crippen LogP contribution in [0.15, 0.2) is 48.5 Å². The van der Waals surface area contributed by atoms with Crippen molar-refractivity contribution in [2.75, 3.05) is 5.32 Å². The van der Waals surface area contributed by atoms with Crippen LogP contribution >= 0.6 is 34.5 Å². The molecule has 0 bridgehead atoms. The minimum atomic E-state index is 0.527.